The molecule has 0 nitrogen and oxygen atoms in total. The second-order valence-electron chi connectivity index (χ2n) is 4.37. The molecule has 0 N–H and O–H groups in total. The highest BCUT2D eigenvalue weighted by atomic mass is 31.1. The fraction of sp³-hybridized carbons (Fsp3) is 1.00. The van der Waals surface area contributed by atoms with E-state index in [2.05, 4.69) is 27.2 Å². The molecule has 1 heteroatoms. The van der Waals surface area contributed by atoms with Crippen molar-refractivity contribution < 1.29 is 0 Å². The Kier molecular flexibility index (Phi) is 7.05. The summed E-state index contributed by atoms with van der Waals surface area (Å²) in [6.07, 6.45) is 4.51. The summed E-state index contributed by atoms with van der Waals surface area (Å²) in [7, 11) is 0.327. The lowest BCUT2D eigenvalue weighted by Gasteiger charge is -2.26. The Hall–Kier alpha value is 0.430. The van der Waals surface area contributed by atoms with Crippen LogP contribution in [0.1, 0.15) is 47.0 Å². The third kappa shape index (κ3) is 3.98. The molecule has 0 heterocycles. The summed E-state index contributed by atoms with van der Waals surface area (Å²) >= 11 is 0. The van der Waals surface area contributed by atoms with E-state index in [9.17, 15) is 0 Å². The minimum atomic E-state index is 0.327. The largest absolute Gasteiger partial charge is 0.110 e. The van der Waals surface area contributed by atoms with Gasteiger partial charge in [-0.3, -0.25) is 0 Å². The van der Waals surface area contributed by atoms with E-state index < -0.39 is 0 Å². The SMILES string of the molecule is CC.CC(C)C1CCCC1P(C)C. The Bertz CT molecular complexity index is 104. The zero-order valence-corrected chi connectivity index (χ0v) is 11.2. The van der Waals surface area contributed by atoms with Crippen LogP contribution in [-0.4, -0.2) is 19.0 Å². The van der Waals surface area contributed by atoms with Gasteiger partial charge in [0.2, 0.25) is 0 Å². The Labute approximate surface area is 86.3 Å². The third-order valence-electron chi connectivity index (χ3n) is 3.05. The van der Waals surface area contributed by atoms with Crippen molar-refractivity contribution in [3.63, 3.8) is 0 Å². The van der Waals surface area contributed by atoms with Crippen LogP contribution >= 0.6 is 7.92 Å². The van der Waals surface area contributed by atoms with Gasteiger partial charge in [0.15, 0.2) is 0 Å². The van der Waals surface area contributed by atoms with Crippen molar-refractivity contribution in [1.82, 2.24) is 0 Å². The first-order valence-electron chi connectivity index (χ1n) is 5.79. The van der Waals surface area contributed by atoms with Crippen LogP contribution in [0.3, 0.4) is 0 Å². The summed E-state index contributed by atoms with van der Waals surface area (Å²) in [6.45, 7) is 13.7. The van der Waals surface area contributed by atoms with Crippen molar-refractivity contribution >= 4 is 7.92 Å². The van der Waals surface area contributed by atoms with Crippen molar-refractivity contribution in [2.24, 2.45) is 11.8 Å². The van der Waals surface area contributed by atoms with Gasteiger partial charge < -0.3 is 0 Å². The molecule has 0 aromatic heterocycles. The number of hydrogen-bond donors (Lipinski definition) is 0. The molecule has 1 aliphatic carbocycles. The molecule has 1 saturated carbocycles. The van der Waals surface area contributed by atoms with Crippen molar-refractivity contribution in [2.45, 2.75) is 52.6 Å². The van der Waals surface area contributed by atoms with Gasteiger partial charge in [-0.25, -0.2) is 0 Å². The maximum atomic E-state index is 2.45. The van der Waals surface area contributed by atoms with E-state index in [0.29, 0.717) is 7.92 Å². The highest BCUT2D eigenvalue weighted by molar-refractivity contribution is 7.56. The third-order valence-corrected chi connectivity index (χ3v) is 5.02. The Balaban J connectivity index is 0.000000671. The first kappa shape index (κ1) is 13.4. The first-order valence-corrected chi connectivity index (χ1v) is 8.10. The summed E-state index contributed by atoms with van der Waals surface area (Å²) in [5.74, 6) is 1.98. The van der Waals surface area contributed by atoms with Crippen molar-refractivity contribution in [2.75, 3.05) is 13.3 Å². The zero-order valence-electron chi connectivity index (χ0n) is 10.3. The predicted octanol–water partition coefficient (Wildman–Crippen LogP) is 4.58. The minimum absolute atomic E-state index is 0.327. The van der Waals surface area contributed by atoms with Gasteiger partial charge in [0, 0.05) is 0 Å². The molecule has 0 aliphatic heterocycles. The van der Waals surface area contributed by atoms with Crippen LogP contribution in [0.4, 0.5) is 0 Å². The van der Waals surface area contributed by atoms with Gasteiger partial charge in [0.1, 0.15) is 0 Å². The maximum Gasteiger partial charge on any atom is -0.0183 e. The molecule has 1 fully saturated rings. The summed E-state index contributed by atoms with van der Waals surface area (Å²) in [5, 5.41) is 0. The van der Waals surface area contributed by atoms with Gasteiger partial charge in [0.05, 0.1) is 0 Å². The predicted molar refractivity (Wildman–Crippen MR) is 66.1 cm³/mol. The smallest absolute Gasteiger partial charge is 0.0183 e. The van der Waals surface area contributed by atoms with E-state index in [1.54, 1.807) is 0 Å². The Morgan fingerprint density at radius 1 is 1.08 bits per heavy atom. The maximum absolute atomic E-state index is 2.45. The lowest BCUT2D eigenvalue weighted by Crippen LogP contribution is -2.17. The van der Waals surface area contributed by atoms with Gasteiger partial charge in [-0.05, 0) is 43.7 Å². The first-order chi connectivity index (χ1) is 6.13. The van der Waals surface area contributed by atoms with Crippen LogP contribution in [-0.2, 0) is 0 Å². The van der Waals surface area contributed by atoms with Crippen LogP contribution in [0, 0.1) is 11.8 Å². The molecule has 2 atom stereocenters. The molecule has 2 unspecified atom stereocenters. The molecular formula is C12H27P. The fourth-order valence-corrected chi connectivity index (χ4v) is 4.35. The van der Waals surface area contributed by atoms with Crippen molar-refractivity contribution in [3.8, 4) is 0 Å². The van der Waals surface area contributed by atoms with E-state index in [0.717, 1.165) is 17.5 Å². The summed E-state index contributed by atoms with van der Waals surface area (Å²) < 4.78 is 0. The monoisotopic (exact) mass is 202 g/mol. The van der Waals surface area contributed by atoms with Gasteiger partial charge >= 0.3 is 0 Å². The van der Waals surface area contributed by atoms with Gasteiger partial charge in [-0.2, -0.15) is 0 Å². The quantitative estimate of drug-likeness (QED) is 0.575. The van der Waals surface area contributed by atoms with E-state index in [-0.39, 0.29) is 0 Å². The molecule has 1 rings (SSSR count). The average Bonchev–Trinajstić information content (AvgIpc) is 2.55. The fourth-order valence-electron chi connectivity index (χ4n) is 2.39. The lowest BCUT2D eigenvalue weighted by atomic mass is 9.94. The highest BCUT2D eigenvalue weighted by Gasteiger charge is 2.30. The lowest BCUT2D eigenvalue weighted by molar-refractivity contribution is 0.402. The van der Waals surface area contributed by atoms with E-state index in [1.807, 2.05) is 13.8 Å². The van der Waals surface area contributed by atoms with E-state index >= 15 is 0 Å². The molecule has 1 aliphatic rings. The molecule has 0 spiro atoms. The highest BCUT2D eigenvalue weighted by Crippen LogP contribution is 2.48. The molecule has 0 saturated heterocycles. The summed E-state index contributed by atoms with van der Waals surface area (Å²) in [6, 6.07) is 0. The van der Waals surface area contributed by atoms with E-state index in [1.165, 1.54) is 19.3 Å². The molecule has 80 valence electrons. The second kappa shape index (κ2) is 6.82. The summed E-state index contributed by atoms with van der Waals surface area (Å²) in [5.41, 5.74) is 1.09. The van der Waals surface area contributed by atoms with Crippen LogP contribution in [0.5, 0.6) is 0 Å². The molecule has 0 amide bonds. The standard InChI is InChI=1S/C10H21P.C2H6/c1-8(2)9-6-5-7-10(9)11(3)4;1-2/h8-10H,5-7H2,1-4H3;1-2H3. The Morgan fingerprint density at radius 3 is 1.92 bits per heavy atom. The van der Waals surface area contributed by atoms with Crippen molar-refractivity contribution in [1.29, 1.82) is 0 Å². The average molecular weight is 202 g/mol. The van der Waals surface area contributed by atoms with Gasteiger partial charge in [-0.15, -0.1) is 7.92 Å². The van der Waals surface area contributed by atoms with Crippen LogP contribution in [0.15, 0.2) is 0 Å². The van der Waals surface area contributed by atoms with Gasteiger partial charge in [0.25, 0.3) is 0 Å². The number of rotatable bonds is 2. The second-order valence-corrected chi connectivity index (χ2v) is 6.96. The topological polar surface area (TPSA) is 0 Å². The zero-order chi connectivity index (χ0) is 10.4. The molecule has 0 radical (unpaired) electrons. The normalized spacial score (nSPS) is 27.7. The van der Waals surface area contributed by atoms with Crippen molar-refractivity contribution in [3.05, 3.63) is 0 Å². The van der Waals surface area contributed by atoms with Gasteiger partial charge in [-0.1, -0.05) is 34.1 Å². The molecule has 0 aromatic rings. The van der Waals surface area contributed by atoms with Crippen LogP contribution < -0.4 is 0 Å². The Morgan fingerprint density at radius 2 is 1.62 bits per heavy atom. The van der Waals surface area contributed by atoms with E-state index in [4.69, 9.17) is 0 Å². The molecule has 13 heavy (non-hydrogen) atoms. The summed E-state index contributed by atoms with van der Waals surface area (Å²) in [4.78, 5) is 0. The molecule has 0 aromatic carbocycles. The van der Waals surface area contributed by atoms with Crippen LogP contribution in [0.2, 0.25) is 0 Å². The minimum Gasteiger partial charge on any atom is -0.110 e. The molecular weight excluding hydrogens is 175 g/mol. The molecule has 0 bridgehead atoms. The number of hydrogen-bond acceptors (Lipinski definition) is 0. The van der Waals surface area contributed by atoms with Crippen LogP contribution in [0.25, 0.3) is 0 Å².